The van der Waals surface area contributed by atoms with Crippen molar-refractivity contribution in [1.82, 2.24) is 9.55 Å². The molecule has 3 unspecified atom stereocenters. The predicted octanol–water partition coefficient (Wildman–Crippen LogP) is 12.9. The van der Waals surface area contributed by atoms with Crippen molar-refractivity contribution in [3.8, 4) is 5.69 Å². The summed E-state index contributed by atoms with van der Waals surface area (Å²) in [4.78, 5) is 10.1. The van der Waals surface area contributed by atoms with Crippen molar-refractivity contribution in [3.05, 3.63) is 205 Å². The van der Waals surface area contributed by atoms with Gasteiger partial charge in [0, 0.05) is 39.4 Å². The van der Waals surface area contributed by atoms with E-state index >= 15 is 0 Å². The summed E-state index contributed by atoms with van der Waals surface area (Å²) >= 11 is 0. The number of nitrogens with zero attached hydrogens (tertiary/aromatic N) is 4. The summed E-state index contributed by atoms with van der Waals surface area (Å²) in [7, 11) is 0. The number of hydrogen-bond acceptors (Lipinski definition) is 3. The van der Waals surface area contributed by atoms with Gasteiger partial charge >= 0.3 is 0 Å². The highest BCUT2D eigenvalue weighted by Gasteiger charge is 2.45. The third-order valence-electron chi connectivity index (χ3n) is 12.2. The fourth-order valence-corrected chi connectivity index (χ4v) is 9.53. The molecule has 0 spiro atoms. The molecule has 0 bridgehead atoms. The maximum absolute atomic E-state index is 5.31. The molecule has 3 atom stereocenters. The molecular formula is C51H44N4. The second-order valence-corrected chi connectivity index (χ2v) is 15.9. The minimum absolute atomic E-state index is 0.0718. The lowest BCUT2D eigenvalue weighted by Crippen LogP contribution is -2.42. The molecule has 3 aliphatic carbocycles. The molecule has 0 fully saturated rings. The van der Waals surface area contributed by atoms with Crippen LogP contribution in [0, 0.1) is 5.92 Å². The van der Waals surface area contributed by atoms with Crippen LogP contribution in [0.25, 0.3) is 27.5 Å². The Labute approximate surface area is 323 Å². The molecule has 10 rings (SSSR count). The number of pyridine rings is 1. The van der Waals surface area contributed by atoms with Gasteiger partial charge in [-0.25, -0.2) is 4.98 Å². The van der Waals surface area contributed by atoms with Gasteiger partial charge in [0.1, 0.15) is 5.82 Å². The first-order valence-corrected chi connectivity index (χ1v) is 19.4. The average Bonchev–Trinajstić information content (AvgIpc) is 3.67. The van der Waals surface area contributed by atoms with Crippen molar-refractivity contribution in [2.24, 2.45) is 5.92 Å². The quantitative estimate of drug-likeness (QED) is 0.164. The number of benzene rings is 5. The molecule has 5 aromatic carbocycles. The molecule has 0 radical (unpaired) electrons. The number of anilines is 4. The Hall–Kier alpha value is -6.39. The van der Waals surface area contributed by atoms with Gasteiger partial charge in [-0.05, 0) is 103 Å². The van der Waals surface area contributed by atoms with Crippen molar-refractivity contribution in [2.75, 3.05) is 9.80 Å². The Balaban J connectivity index is 1.08. The van der Waals surface area contributed by atoms with Gasteiger partial charge < -0.3 is 14.4 Å². The van der Waals surface area contributed by atoms with E-state index in [0.717, 1.165) is 35.0 Å². The first-order valence-electron chi connectivity index (χ1n) is 19.4. The number of aromatic nitrogens is 2. The van der Waals surface area contributed by atoms with E-state index in [4.69, 9.17) is 4.98 Å². The minimum Gasteiger partial charge on any atom is -0.317 e. The zero-order valence-corrected chi connectivity index (χ0v) is 31.5. The average molecular weight is 713 g/mol. The van der Waals surface area contributed by atoms with E-state index in [1.54, 1.807) is 0 Å². The largest absolute Gasteiger partial charge is 0.317 e. The predicted molar refractivity (Wildman–Crippen MR) is 230 cm³/mol. The van der Waals surface area contributed by atoms with E-state index in [0.29, 0.717) is 11.8 Å². The standard InChI is InChI=1S/C51H44N4/c1-50(2)45-23-13-11-21-41(45)43-33-38(25-28-46(43)50)53(36-17-7-4-8-18-36)40-27-30-49(52-35-40)55(51(3)31-15-6-16-32-51)39-26-29-48-44(34-39)42-22-12-14-24-47(42)54(48)37-19-9-5-10-20-37/h4-31,33-35,43,46H,32H2,1-3H3. The SMILES string of the molecule is CC1(C)c2ccccc2C2C=C(N(c3ccccc3)c3ccc(N(c4ccc5c(c4)c4ccccc4n5-c4ccccc4)C4(C)C=CC=CC4)nc3)C=CC21. The molecule has 55 heavy (non-hydrogen) atoms. The van der Waals surface area contributed by atoms with Gasteiger partial charge in [0.15, 0.2) is 0 Å². The fraction of sp³-hybridized carbons (Fsp3) is 0.157. The highest BCUT2D eigenvalue weighted by atomic mass is 15.3. The van der Waals surface area contributed by atoms with E-state index < -0.39 is 0 Å². The molecule has 4 heteroatoms. The van der Waals surface area contributed by atoms with Crippen molar-refractivity contribution in [3.63, 3.8) is 0 Å². The van der Waals surface area contributed by atoms with Gasteiger partial charge in [0.05, 0.1) is 28.5 Å². The van der Waals surface area contributed by atoms with Crippen LogP contribution in [0.2, 0.25) is 0 Å². The molecule has 3 aliphatic rings. The van der Waals surface area contributed by atoms with Crippen molar-refractivity contribution >= 4 is 44.7 Å². The minimum atomic E-state index is -0.319. The number of para-hydroxylation sites is 3. The molecule has 4 nitrogen and oxygen atoms in total. The van der Waals surface area contributed by atoms with Crippen LogP contribution in [0.5, 0.6) is 0 Å². The molecule has 0 saturated carbocycles. The maximum atomic E-state index is 5.31. The number of hydrogen-bond donors (Lipinski definition) is 0. The van der Waals surface area contributed by atoms with Crippen LogP contribution >= 0.6 is 0 Å². The van der Waals surface area contributed by atoms with Gasteiger partial charge in [-0.3, -0.25) is 0 Å². The number of fused-ring (bicyclic) bond motifs is 6. The molecule has 2 heterocycles. The summed E-state index contributed by atoms with van der Waals surface area (Å²) < 4.78 is 2.37. The zero-order chi connectivity index (χ0) is 37.1. The first-order chi connectivity index (χ1) is 26.9. The van der Waals surface area contributed by atoms with E-state index in [1.807, 2.05) is 6.20 Å². The lowest BCUT2D eigenvalue weighted by molar-refractivity contribution is 0.393. The maximum Gasteiger partial charge on any atom is 0.133 e. The van der Waals surface area contributed by atoms with Crippen LogP contribution in [0.4, 0.5) is 22.9 Å². The lowest BCUT2D eigenvalue weighted by atomic mass is 9.74. The van der Waals surface area contributed by atoms with Gasteiger partial charge in [-0.2, -0.15) is 0 Å². The van der Waals surface area contributed by atoms with Gasteiger partial charge in [-0.1, -0.05) is 129 Å². The molecule has 0 amide bonds. The summed E-state index contributed by atoms with van der Waals surface area (Å²) in [6.07, 6.45) is 19.0. The summed E-state index contributed by atoms with van der Waals surface area (Å²) in [5.41, 5.74) is 10.6. The fourth-order valence-electron chi connectivity index (χ4n) is 9.53. The zero-order valence-electron chi connectivity index (χ0n) is 31.5. The number of rotatable bonds is 7. The number of allylic oxidation sites excluding steroid dienone is 5. The second kappa shape index (κ2) is 12.9. The molecular weight excluding hydrogens is 669 g/mol. The highest BCUT2D eigenvalue weighted by molar-refractivity contribution is 6.10. The summed E-state index contributed by atoms with van der Waals surface area (Å²) in [6.45, 7) is 7.09. The smallest absolute Gasteiger partial charge is 0.133 e. The van der Waals surface area contributed by atoms with E-state index in [9.17, 15) is 0 Å². The van der Waals surface area contributed by atoms with E-state index in [2.05, 4.69) is 217 Å². The van der Waals surface area contributed by atoms with Crippen LogP contribution in [0.3, 0.4) is 0 Å². The second-order valence-electron chi connectivity index (χ2n) is 15.9. The first kappa shape index (κ1) is 33.2. The van der Waals surface area contributed by atoms with Gasteiger partial charge in [-0.15, -0.1) is 0 Å². The summed E-state index contributed by atoms with van der Waals surface area (Å²) in [5, 5.41) is 2.46. The van der Waals surface area contributed by atoms with Crippen molar-refractivity contribution in [1.29, 1.82) is 0 Å². The van der Waals surface area contributed by atoms with E-state index in [1.165, 1.54) is 38.6 Å². The lowest BCUT2D eigenvalue weighted by Gasteiger charge is -2.41. The van der Waals surface area contributed by atoms with Gasteiger partial charge in [0.25, 0.3) is 0 Å². The molecule has 0 N–H and O–H groups in total. The molecule has 0 aliphatic heterocycles. The molecule has 7 aromatic rings. The monoisotopic (exact) mass is 712 g/mol. The van der Waals surface area contributed by atoms with Gasteiger partial charge in [0.2, 0.25) is 0 Å². The van der Waals surface area contributed by atoms with Crippen LogP contribution in [0.1, 0.15) is 44.2 Å². The third kappa shape index (κ3) is 5.39. The Bertz CT molecular complexity index is 2680. The van der Waals surface area contributed by atoms with Crippen LogP contribution in [-0.2, 0) is 5.41 Å². The normalized spacial score (nSPS) is 20.7. The molecule has 2 aromatic heterocycles. The Kier molecular flexibility index (Phi) is 7.78. The topological polar surface area (TPSA) is 24.3 Å². The van der Waals surface area contributed by atoms with Crippen LogP contribution in [0.15, 0.2) is 194 Å². The van der Waals surface area contributed by atoms with E-state index in [-0.39, 0.29) is 11.0 Å². The van der Waals surface area contributed by atoms with Crippen LogP contribution < -0.4 is 9.80 Å². The van der Waals surface area contributed by atoms with Crippen LogP contribution in [-0.4, -0.2) is 15.1 Å². The summed E-state index contributed by atoms with van der Waals surface area (Å²) in [5.74, 6) is 1.64. The Morgan fingerprint density at radius 2 is 1.40 bits per heavy atom. The Morgan fingerprint density at radius 3 is 2.18 bits per heavy atom. The summed E-state index contributed by atoms with van der Waals surface area (Å²) in [6, 6.07) is 50.4. The third-order valence-corrected chi connectivity index (χ3v) is 12.2. The Morgan fingerprint density at radius 1 is 0.673 bits per heavy atom. The molecule has 0 saturated heterocycles. The highest BCUT2D eigenvalue weighted by Crippen LogP contribution is 2.54. The van der Waals surface area contributed by atoms with Crippen molar-refractivity contribution < 1.29 is 0 Å². The van der Waals surface area contributed by atoms with Crippen molar-refractivity contribution in [2.45, 2.75) is 44.1 Å². The molecule has 268 valence electrons.